The Morgan fingerprint density at radius 1 is 1.43 bits per heavy atom. The minimum absolute atomic E-state index is 0.0495. The quantitative estimate of drug-likeness (QED) is 0.915. The lowest BCUT2D eigenvalue weighted by Crippen LogP contribution is -2.31. The minimum atomic E-state index is -0.0495. The number of aliphatic hydroxyl groups excluding tert-OH is 1. The Hall–Kier alpha value is -1.76. The predicted molar refractivity (Wildman–Crippen MR) is 91.9 cm³/mol. The molecule has 3 rings (SSSR count). The fraction of sp³-hybridized carbons (Fsp3) is 0.412. The number of rotatable bonds is 5. The monoisotopic (exact) mass is 331 g/mol. The summed E-state index contributed by atoms with van der Waals surface area (Å²) in [4.78, 5) is 20.6. The number of para-hydroxylation sites is 1. The highest BCUT2D eigenvalue weighted by Crippen LogP contribution is 2.29. The van der Waals surface area contributed by atoms with Crippen LogP contribution in [0.2, 0.25) is 0 Å². The fourth-order valence-electron chi connectivity index (χ4n) is 2.99. The average Bonchev–Trinajstić information content (AvgIpc) is 3.18. The molecule has 1 aliphatic rings. The number of aliphatic hydroxyl groups is 1. The summed E-state index contributed by atoms with van der Waals surface area (Å²) in [6.45, 7) is 3.46. The summed E-state index contributed by atoms with van der Waals surface area (Å²) in [7, 11) is 0. The summed E-state index contributed by atoms with van der Waals surface area (Å²) in [6.07, 6.45) is 2.16. The van der Waals surface area contributed by atoms with Crippen molar-refractivity contribution in [2.24, 2.45) is 0 Å². The lowest BCUT2D eigenvalue weighted by molar-refractivity contribution is -0.115. The standard InChI is InChI=1S/C17H21N3O2S/c1-13(22)20(15-6-3-2-4-7-15)17-18-14(12-23-17)10-19-9-5-8-16(19)11-21/h2-4,6-7,12,16,21H,5,8-11H2,1H3. The Morgan fingerprint density at radius 3 is 2.91 bits per heavy atom. The van der Waals surface area contributed by atoms with Gasteiger partial charge >= 0.3 is 0 Å². The first kappa shape index (κ1) is 16.1. The Bertz CT molecular complexity index is 659. The molecule has 1 fully saturated rings. The zero-order valence-electron chi connectivity index (χ0n) is 13.2. The molecule has 1 aliphatic heterocycles. The molecule has 23 heavy (non-hydrogen) atoms. The average molecular weight is 331 g/mol. The van der Waals surface area contributed by atoms with Crippen LogP contribution in [0, 0.1) is 0 Å². The molecule has 1 N–H and O–H groups in total. The van der Waals surface area contributed by atoms with Gasteiger partial charge in [0.25, 0.3) is 0 Å². The van der Waals surface area contributed by atoms with Crippen molar-refractivity contribution in [3.8, 4) is 0 Å². The van der Waals surface area contributed by atoms with Gasteiger partial charge in [-0.2, -0.15) is 0 Å². The molecule has 0 aliphatic carbocycles. The molecule has 1 aromatic heterocycles. The van der Waals surface area contributed by atoms with Gasteiger partial charge < -0.3 is 5.11 Å². The molecule has 1 unspecified atom stereocenters. The normalized spacial score (nSPS) is 18.3. The molecule has 0 bridgehead atoms. The van der Waals surface area contributed by atoms with Gasteiger partial charge in [0.1, 0.15) is 0 Å². The van der Waals surface area contributed by atoms with Crippen LogP contribution in [-0.2, 0) is 11.3 Å². The second-order valence-electron chi connectivity index (χ2n) is 5.76. The topological polar surface area (TPSA) is 56.7 Å². The molecule has 1 atom stereocenters. The zero-order chi connectivity index (χ0) is 16.2. The van der Waals surface area contributed by atoms with Crippen molar-refractivity contribution in [2.75, 3.05) is 18.1 Å². The minimum Gasteiger partial charge on any atom is -0.395 e. The lowest BCUT2D eigenvalue weighted by Gasteiger charge is -2.21. The smallest absolute Gasteiger partial charge is 0.230 e. The van der Waals surface area contributed by atoms with E-state index in [9.17, 15) is 9.90 Å². The van der Waals surface area contributed by atoms with Crippen molar-refractivity contribution in [1.82, 2.24) is 9.88 Å². The first-order valence-corrected chi connectivity index (χ1v) is 8.72. The SMILES string of the molecule is CC(=O)N(c1ccccc1)c1nc(CN2CCCC2CO)cs1. The highest BCUT2D eigenvalue weighted by atomic mass is 32.1. The summed E-state index contributed by atoms with van der Waals surface area (Å²) in [5.41, 5.74) is 1.78. The van der Waals surface area contributed by atoms with E-state index in [1.807, 2.05) is 35.7 Å². The van der Waals surface area contributed by atoms with Crippen LogP contribution in [0.5, 0.6) is 0 Å². The number of carbonyl (C=O) groups excluding carboxylic acids is 1. The van der Waals surface area contributed by atoms with E-state index < -0.39 is 0 Å². The van der Waals surface area contributed by atoms with Gasteiger partial charge in [-0.05, 0) is 31.5 Å². The molecule has 0 radical (unpaired) electrons. The molecule has 5 nitrogen and oxygen atoms in total. The number of anilines is 2. The largest absolute Gasteiger partial charge is 0.395 e. The third-order valence-corrected chi connectivity index (χ3v) is 5.01. The van der Waals surface area contributed by atoms with Gasteiger partial charge in [-0.25, -0.2) is 4.98 Å². The Labute approximate surface area is 140 Å². The van der Waals surface area contributed by atoms with E-state index in [0.717, 1.165) is 37.3 Å². The number of amides is 1. The van der Waals surface area contributed by atoms with E-state index in [2.05, 4.69) is 9.88 Å². The molecule has 1 aromatic carbocycles. The molecule has 6 heteroatoms. The number of nitrogens with zero attached hydrogens (tertiary/aromatic N) is 3. The van der Waals surface area contributed by atoms with E-state index in [4.69, 9.17) is 0 Å². The number of thiazole rings is 1. The van der Waals surface area contributed by atoms with Crippen LogP contribution in [-0.4, -0.2) is 40.1 Å². The summed E-state index contributed by atoms with van der Waals surface area (Å²) in [5.74, 6) is -0.0495. The molecule has 0 spiro atoms. The first-order chi connectivity index (χ1) is 11.2. The third kappa shape index (κ3) is 3.60. The van der Waals surface area contributed by atoms with Gasteiger partial charge in [-0.3, -0.25) is 14.6 Å². The van der Waals surface area contributed by atoms with Crippen LogP contribution >= 0.6 is 11.3 Å². The second kappa shape index (κ2) is 7.21. The summed E-state index contributed by atoms with van der Waals surface area (Å²) in [5, 5.41) is 12.1. The van der Waals surface area contributed by atoms with E-state index >= 15 is 0 Å². The van der Waals surface area contributed by atoms with E-state index in [1.54, 1.807) is 11.8 Å². The third-order valence-electron chi connectivity index (χ3n) is 4.14. The molecule has 1 amide bonds. The van der Waals surface area contributed by atoms with E-state index in [-0.39, 0.29) is 18.6 Å². The number of benzene rings is 1. The van der Waals surface area contributed by atoms with Gasteiger partial charge in [0, 0.05) is 24.9 Å². The maximum absolute atomic E-state index is 12.0. The van der Waals surface area contributed by atoms with Crippen LogP contribution < -0.4 is 4.90 Å². The maximum Gasteiger partial charge on any atom is 0.230 e. The maximum atomic E-state index is 12.0. The van der Waals surface area contributed by atoms with Gasteiger partial charge in [0.15, 0.2) is 5.13 Å². The number of likely N-dealkylation sites (tertiary alicyclic amines) is 1. The summed E-state index contributed by atoms with van der Waals surface area (Å²) >= 11 is 1.48. The molecular weight excluding hydrogens is 310 g/mol. The molecule has 0 saturated carbocycles. The second-order valence-corrected chi connectivity index (χ2v) is 6.60. The fourth-order valence-corrected chi connectivity index (χ4v) is 3.87. The number of carbonyl (C=O) groups is 1. The van der Waals surface area contributed by atoms with Gasteiger partial charge in [0.05, 0.1) is 18.0 Å². The van der Waals surface area contributed by atoms with Crippen molar-refractivity contribution in [3.63, 3.8) is 0 Å². The molecule has 2 heterocycles. The number of aromatic nitrogens is 1. The lowest BCUT2D eigenvalue weighted by atomic mass is 10.2. The molecular formula is C17H21N3O2S. The van der Waals surface area contributed by atoms with Crippen LogP contribution in [0.3, 0.4) is 0 Å². The Kier molecular flexibility index (Phi) is 5.05. The van der Waals surface area contributed by atoms with Crippen LogP contribution in [0.4, 0.5) is 10.8 Å². The van der Waals surface area contributed by atoms with Crippen molar-refractivity contribution in [1.29, 1.82) is 0 Å². The van der Waals surface area contributed by atoms with Crippen molar-refractivity contribution in [3.05, 3.63) is 41.4 Å². The first-order valence-electron chi connectivity index (χ1n) is 7.84. The summed E-state index contributed by atoms with van der Waals surface area (Å²) in [6, 6.07) is 9.80. The molecule has 122 valence electrons. The molecule has 1 saturated heterocycles. The highest BCUT2D eigenvalue weighted by Gasteiger charge is 2.25. The van der Waals surface area contributed by atoms with Crippen molar-refractivity contribution in [2.45, 2.75) is 32.4 Å². The zero-order valence-corrected chi connectivity index (χ0v) is 14.0. The Balaban J connectivity index is 1.78. The highest BCUT2D eigenvalue weighted by molar-refractivity contribution is 7.14. The predicted octanol–water partition coefficient (Wildman–Crippen LogP) is 2.78. The van der Waals surface area contributed by atoms with Crippen LogP contribution in [0.15, 0.2) is 35.7 Å². The van der Waals surface area contributed by atoms with Gasteiger partial charge in [-0.15, -0.1) is 11.3 Å². The Morgan fingerprint density at radius 2 is 2.22 bits per heavy atom. The van der Waals surface area contributed by atoms with Crippen LogP contribution in [0.1, 0.15) is 25.5 Å². The van der Waals surface area contributed by atoms with Crippen LogP contribution in [0.25, 0.3) is 0 Å². The van der Waals surface area contributed by atoms with Gasteiger partial charge in [-0.1, -0.05) is 18.2 Å². The van der Waals surface area contributed by atoms with Crippen molar-refractivity contribution < 1.29 is 9.90 Å². The van der Waals surface area contributed by atoms with Gasteiger partial charge in [0.2, 0.25) is 5.91 Å². The number of hydrogen-bond acceptors (Lipinski definition) is 5. The van der Waals surface area contributed by atoms with E-state index in [0.29, 0.717) is 5.13 Å². The number of hydrogen-bond donors (Lipinski definition) is 1. The van der Waals surface area contributed by atoms with E-state index in [1.165, 1.54) is 11.3 Å². The summed E-state index contributed by atoms with van der Waals surface area (Å²) < 4.78 is 0. The van der Waals surface area contributed by atoms with Crippen molar-refractivity contribution >= 4 is 28.1 Å². The molecule has 2 aromatic rings.